The van der Waals surface area contributed by atoms with E-state index in [1.165, 1.54) is 6.07 Å². The SMILES string of the molecule is CNC(CCCOC)c1ccc(C(F)(F)F)cc1C. The number of methoxy groups -OCH3 is 1. The molecule has 0 aliphatic rings. The number of aryl methyl sites for hydroxylation is 1. The van der Waals surface area contributed by atoms with Crippen molar-refractivity contribution in [1.29, 1.82) is 0 Å². The number of alkyl halides is 3. The lowest BCUT2D eigenvalue weighted by Gasteiger charge is -2.20. The van der Waals surface area contributed by atoms with Gasteiger partial charge in [-0.3, -0.25) is 0 Å². The van der Waals surface area contributed by atoms with E-state index in [2.05, 4.69) is 5.32 Å². The van der Waals surface area contributed by atoms with Crippen LogP contribution in [0.25, 0.3) is 0 Å². The van der Waals surface area contributed by atoms with Crippen LogP contribution in [0.15, 0.2) is 18.2 Å². The van der Waals surface area contributed by atoms with E-state index in [1.807, 2.05) is 7.05 Å². The van der Waals surface area contributed by atoms with Gasteiger partial charge in [-0.2, -0.15) is 13.2 Å². The molecule has 0 aliphatic carbocycles. The minimum Gasteiger partial charge on any atom is -0.385 e. The molecule has 0 saturated heterocycles. The molecule has 1 aromatic carbocycles. The molecule has 2 nitrogen and oxygen atoms in total. The summed E-state index contributed by atoms with van der Waals surface area (Å²) in [5, 5.41) is 3.14. The smallest absolute Gasteiger partial charge is 0.385 e. The van der Waals surface area contributed by atoms with E-state index < -0.39 is 11.7 Å². The van der Waals surface area contributed by atoms with Gasteiger partial charge in [-0.15, -0.1) is 0 Å². The Morgan fingerprint density at radius 3 is 2.47 bits per heavy atom. The molecular formula is C14H20F3NO. The Hall–Kier alpha value is -1.07. The van der Waals surface area contributed by atoms with Gasteiger partial charge in [0.2, 0.25) is 0 Å². The Balaban J connectivity index is 2.87. The predicted molar refractivity (Wildman–Crippen MR) is 69.1 cm³/mol. The summed E-state index contributed by atoms with van der Waals surface area (Å²) >= 11 is 0. The molecule has 1 aromatic rings. The van der Waals surface area contributed by atoms with Gasteiger partial charge in [0.05, 0.1) is 5.56 Å². The largest absolute Gasteiger partial charge is 0.416 e. The molecule has 1 rings (SSSR count). The fraction of sp³-hybridized carbons (Fsp3) is 0.571. The second-order valence-corrected chi connectivity index (χ2v) is 4.55. The zero-order valence-electron chi connectivity index (χ0n) is 11.5. The fourth-order valence-corrected chi connectivity index (χ4v) is 2.13. The molecule has 0 fully saturated rings. The molecule has 5 heteroatoms. The molecule has 0 aliphatic heterocycles. The topological polar surface area (TPSA) is 21.3 Å². The maximum Gasteiger partial charge on any atom is 0.416 e. The number of hydrogen-bond acceptors (Lipinski definition) is 2. The van der Waals surface area contributed by atoms with Gasteiger partial charge >= 0.3 is 6.18 Å². The Morgan fingerprint density at radius 2 is 2.00 bits per heavy atom. The lowest BCUT2D eigenvalue weighted by molar-refractivity contribution is -0.137. The Morgan fingerprint density at radius 1 is 1.32 bits per heavy atom. The normalized spacial score (nSPS) is 13.6. The minimum absolute atomic E-state index is 0.0532. The lowest BCUT2D eigenvalue weighted by atomic mass is 9.96. The first-order valence-corrected chi connectivity index (χ1v) is 6.24. The average Bonchev–Trinajstić information content (AvgIpc) is 2.34. The minimum atomic E-state index is -4.28. The first-order chi connectivity index (χ1) is 8.90. The predicted octanol–water partition coefficient (Wildman–Crippen LogP) is 3.70. The zero-order valence-corrected chi connectivity index (χ0v) is 11.5. The van der Waals surface area contributed by atoms with Gasteiger partial charge in [0.25, 0.3) is 0 Å². The Labute approximate surface area is 112 Å². The number of ether oxygens (including phenoxy) is 1. The van der Waals surface area contributed by atoms with E-state index >= 15 is 0 Å². The summed E-state index contributed by atoms with van der Waals surface area (Å²) in [7, 11) is 3.45. The molecular weight excluding hydrogens is 255 g/mol. The summed E-state index contributed by atoms with van der Waals surface area (Å²) in [5.74, 6) is 0. The van der Waals surface area contributed by atoms with Crippen LogP contribution in [-0.2, 0) is 10.9 Å². The summed E-state index contributed by atoms with van der Waals surface area (Å²) < 4.78 is 42.8. The van der Waals surface area contributed by atoms with Crippen LogP contribution in [0.4, 0.5) is 13.2 Å². The number of rotatable bonds is 6. The number of nitrogens with one attached hydrogen (secondary N) is 1. The molecule has 108 valence electrons. The van der Waals surface area contributed by atoms with E-state index in [-0.39, 0.29) is 6.04 Å². The van der Waals surface area contributed by atoms with Crippen LogP contribution in [0.1, 0.15) is 35.6 Å². The highest BCUT2D eigenvalue weighted by molar-refractivity contribution is 5.34. The second kappa shape index (κ2) is 6.91. The molecule has 1 unspecified atom stereocenters. The van der Waals surface area contributed by atoms with Gasteiger partial charge in [0.1, 0.15) is 0 Å². The third-order valence-corrected chi connectivity index (χ3v) is 3.16. The molecule has 0 aromatic heterocycles. The van der Waals surface area contributed by atoms with Crippen molar-refractivity contribution in [3.8, 4) is 0 Å². The van der Waals surface area contributed by atoms with Crippen molar-refractivity contribution in [2.24, 2.45) is 0 Å². The lowest BCUT2D eigenvalue weighted by Crippen LogP contribution is -2.18. The molecule has 0 spiro atoms. The molecule has 0 radical (unpaired) electrons. The zero-order chi connectivity index (χ0) is 14.5. The van der Waals surface area contributed by atoms with Gasteiger partial charge in [-0.1, -0.05) is 6.07 Å². The van der Waals surface area contributed by atoms with Crippen LogP contribution in [-0.4, -0.2) is 20.8 Å². The Kier molecular flexibility index (Phi) is 5.82. The molecule has 1 N–H and O–H groups in total. The van der Waals surface area contributed by atoms with Crippen molar-refractivity contribution in [3.63, 3.8) is 0 Å². The summed E-state index contributed by atoms with van der Waals surface area (Å²) in [6.07, 6.45) is -2.59. The van der Waals surface area contributed by atoms with E-state index in [1.54, 1.807) is 20.1 Å². The van der Waals surface area contributed by atoms with Gasteiger partial charge in [-0.25, -0.2) is 0 Å². The first-order valence-electron chi connectivity index (χ1n) is 6.24. The molecule has 0 saturated carbocycles. The van der Waals surface area contributed by atoms with Crippen LogP contribution in [0, 0.1) is 6.92 Å². The average molecular weight is 275 g/mol. The van der Waals surface area contributed by atoms with E-state index in [4.69, 9.17) is 4.74 Å². The molecule has 0 amide bonds. The number of halogens is 3. The highest BCUT2D eigenvalue weighted by Crippen LogP contribution is 2.32. The maximum absolute atomic E-state index is 12.6. The van der Waals surface area contributed by atoms with Crippen molar-refractivity contribution in [3.05, 3.63) is 34.9 Å². The summed E-state index contributed by atoms with van der Waals surface area (Å²) in [6.45, 7) is 2.36. The van der Waals surface area contributed by atoms with Crippen LogP contribution < -0.4 is 5.32 Å². The van der Waals surface area contributed by atoms with Gasteiger partial charge in [-0.05, 0) is 50.1 Å². The highest BCUT2D eigenvalue weighted by atomic mass is 19.4. The van der Waals surface area contributed by atoms with Crippen LogP contribution >= 0.6 is 0 Å². The highest BCUT2D eigenvalue weighted by Gasteiger charge is 2.30. The van der Waals surface area contributed by atoms with Gasteiger partial charge in [0, 0.05) is 19.8 Å². The third kappa shape index (κ3) is 4.51. The standard InChI is InChI=1S/C14H20F3NO/c1-10-9-11(14(15,16)17)6-7-12(10)13(18-2)5-4-8-19-3/h6-7,9,13,18H,4-5,8H2,1-3H3. The van der Waals surface area contributed by atoms with Crippen LogP contribution in [0.3, 0.4) is 0 Å². The summed E-state index contributed by atoms with van der Waals surface area (Å²) in [5.41, 5.74) is 0.971. The van der Waals surface area contributed by atoms with Crippen molar-refractivity contribution >= 4 is 0 Å². The first kappa shape index (κ1) is 16.0. The van der Waals surface area contributed by atoms with Crippen molar-refractivity contribution < 1.29 is 17.9 Å². The molecule has 0 bridgehead atoms. The van der Waals surface area contributed by atoms with Crippen molar-refractivity contribution in [1.82, 2.24) is 5.32 Å². The van der Waals surface area contributed by atoms with Crippen LogP contribution in [0.2, 0.25) is 0 Å². The van der Waals surface area contributed by atoms with E-state index in [0.717, 1.165) is 24.5 Å². The summed E-state index contributed by atoms with van der Waals surface area (Å²) in [4.78, 5) is 0. The maximum atomic E-state index is 12.6. The third-order valence-electron chi connectivity index (χ3n) is 3.16. The van der Waals surface area contributed by atoms with Crippen molar-refractivity contribution in [2.45, 2.75) is 32.0 Å². The van der Waals surface area contributed by atoms with E-state index in [0.29, 0.717) is 12.2 Å². The number of benzene rings is 1. The van der Waals surface area contributed by atoms with Gasteiger partial charge in [0.15, 0.2) is 0 Å². The quantitative estimate of drug-likeness (QED) is 0.799. The second-order valence-electron chi connectivity index (χ2n) is 4.55. The monoisotopic (exact) mass is 275 g/mol. The van der Waals surface area contributed by atoms with Gasteiger partial charge < -0.3 is 10.1 Å². The summed E-state index contributed by atoms with van der Waals surface area (Å²) in [6, 6.07) is 3.96. The molecule has 0 heterocycles. The molecule has 19 heavy (non-hydrogen) atoms. The van der Waals surface area contributed by atoms with Crippen molar-refractivity contribution in [2.75, 3.05) is 20.8 Å². The fourth-order valence-electron chi connectivity index (χ4n) is 2.13. The van der Waals surface area contributed by atoms with Crippen LogP contribution in [0.5, 0.6) is 0 Å². The Bertz CT molecular complexity index is 404. The van der Waals surface area contributed by atoms with E-state index in [9.17, 15) is 13.2 Å². The molecule has 1 atom stereocenters. The number of hydrogen-bond donors (Lipinski definition) is 1.